The minimum atomic E-state index is -0.515. The van der Waals surface area contributed by atoms with E-state index >= 15 is 0 Å². The Morgan fingerprint density at radius 3 is 2.77 bits per heavy atom. The average molecular weight is 329 g/mol. The molecule has 0 saturated heterocycles. The first-order chi connectivity index (χ1) is 10.5. The molecule has 4 nitrogen and oxygen atoms in total. The summed E-state index contributed by atoms with van der Waals surface area (Å²) in [4.78, 5) is 12.0. The van der Waals surface area contributed by atoms with Crippen LogP contribution in [0.3, 0.4) is 0 Å². The number of nitrogens with one attached hydrogen (secondary N) is 2. The summed E-state index contributed by atoms with van der Waals surface area (Å²) in [7, 11) is 0. The van der Waals surface area contributed by atoms with Crippen molar-refractivity contribution in [3.63, 3.8) is 0 Å². The predicted molar refractivity (Wildman–Crippen MR) is 85.6 cm³/mol. The van der Waals surface area contributed by atoms with Crippen LogP contribution in [0.25, 0.3) is 0 Å². The highest BCUT2D eigenvalue weighted by Gasteiger charge is 2.41. The first-order valence-electron chi connectivity index (χ1n) is 7.57. The highest BCUT2D eigenvalue weighted by molar-refractivity contribution is 6.31. The van der Waals surface area contributed by atoms with E-state index in [4.69, 9.17) is 16.7 Å². The summed E-state index contributed by atoms with van der Waals surface area (Å²) in [5, 5.41) is 14.6. The summed E-state index contributed by atoms with van der Waals surface area (Å²) in [6.07, 6.45) is 4.04. The minimum Gasteiger partial charge on any atom is -0.396 e. The lowest BCUT2D eigenvalue weighted by Crippen LogP contribution is -2.47. The van der Waals surface area contributed by atoms with E-state index in [9.17, 15) is 9.18 Å². The second kappa shape index (κ2) is 7.29. The molecule has 22 heavy (non-hydrogen) atoms. The Hall–Kier alpha value is -1.33. The topological polar surface area (TPSA) is 61.4 Å². The van der Waals surface area contributed by atoms with E-state index in [-0.39, 0.29) is 23.1 Å². The molecule has 2 amide bonds. The molecular weight excluding hydrogens is 307 g/mol. The van der Waals surface area contributed by atoms with E-state index in [2.05, 4.69) is 17.6 Å². The standard InChI is InChI=1S/C16H22ClFN2O2/c1-11(5-8-21)16(6-2-7-16)10-19-15(22)20-12-3-4-14(18)13(17)9-12/h3-4,9,11,21H,2,5-8,10H2,1H3,(H2,19,20,22)/t11-/m1/s1. The van der Waals surface area contributed by atoms with Crippen LogP contribution in [0, 0.1) is 17.2 Å². The Morgan fingerprint density at radius 1 is 1.50 bits per heavy atom. The van der Waals surface area contributed by atoms with Gasteiger partial charge < -0.3 is 15.7 Å². The molecule has 1 aromatic carbocycles. The summed E-state index contributed by atoms with van der Waals surface area (Å²) >= 11 is 5.68. The molecule has 0 bridgehead atoms. The summed E-state index contributed by atoms with van der Waals surface area (Å²) in [6, 6.07) is 3.73. The van der Waals surface area contributed by atoms with Gasteiger partial charge in [0.15, 0.2) is 0 Å². The van der Waals surface area contributed by atoms with Gasteiger partial charge in [0.05, 0.1) is 5.02 Å². The van der Waals surface area contributed by atoms with E-state index in [0.717, 1.165) is 25.7 Å². The molecule has 0 aliphatic heterocycles. The second-order valence-electron chi connectivity index (χ2n) is 6.07. The normalized spacial score (nSPS) is 17.5. The molecule has 1 atom stereocenters. The van der Waals surface area contributed by atoms with Crippen LogP contribution in [0.4, 0.5) is 14.9 Å². The van der Waals surface area contributed by atoms with Gasteiger partial charge in [-0.15, -0.1) is 0 Å². The fraction of sp³-hybridized carbons (Fsp3) is 0.562. The maximum absolute atomic E-state index is 13.1. The van der Waals surface area contributed by atoms with E-state index in [1.54, 1.807) is 0 Å². The zero-order valence-electron chi connectivity index (χ0n) is 12.7. The molecular formula is C16H22ClFN2O2. The van der Waals surface area contributed by atoms with Gasteiger partial charge in [-0.2, -0.15) is 0 Å². The molecule has 3 N–H and O–H groups in total. The maximum Gasteiger partial charge on any atom is 0.319 e. The highest BCUT2D eigenvalue weighted by Crippen LogP contribution is 2.47. The number of aliphatic hydroxyl groups excluding tert-OH is 1. The lowest BCUT2D eigenvalue weighted by molar-refractivity contribution is 0.0462. The molecule has 1 aromatic rings. The largest absolute Gasteiger partial charge is 0.396 e. The van der Waals surface area contributed by atoms with Crippen molar-refractivity contribution < 1.29 is 14.3 Å². The first kappa shape index (κ1) is 17.0. The van der Waals surface area contributed by atoms with Gasteiger partial charge in [0.2, 0.25) is 0 Å². The second-order valence-corrected chi connectivity index (χ2v) is 6.47. The molecule has 1 aliphatic rings. The van der Waals surface area contributed by atoms with Crippen molar-refractivity contribution in [1.82, 2.24) is 5.32 Å². The Bertz CT molecular complexity index is 535. The predicted octanol–water partition coefficient (Wildman–Crippen LogP) is 3.79. The summed E-state index contributed by atoms with van der Waals surface area (Å²) in [5.41, 5.74) is 0.538. The number of hydrogen-bond donors (Lipinski definition) is 3. The fourth-order valence-corrected chi connectivity index (χ4v) is 3.16. The third kappa shape index (κ3) is 3.90. The SMILES string of the molecule is C[C@H](CCO)C1(CNC(=O)Nc2ccc(F)c(Cl)c2)CCC1. The van der Waals surface area contributed by atoms with Crippen LogP contribution in [-0.2, 0) is 0 Å². The molecule has 2 rings (SSSR count). The summed E-state index contributed by atoms with van der Waals surface area (Å²) < 4.78 is 13.1. The smallest absolute Gasteiger partial charge is 0.319 e. The van der Waals surface area contributed by atoms with Crippen LogP contribution in [0.5, 0.6) is 0 Å². The number of carbonyl (C=O) groups is 1. The van der Waals surface area contributed by atoms with Crippen LogP contribution in [0.2, 0.25) is 5.02 Å². The Kier molecular flexibility index (Phi) is 5.64. The molecule has 1 fully saturated rings. The number of amides is 2. The van der Waals surface area contributed by atoms with Gasteiger partial charge in [0.25, 0.3) is 0 Å². The summed E-state index contributed by atoms with van der Waals surface area (Å²) in [5.74, 6) is -0.148. The van der Waals surface area contributed by atoms with Crippen molar-refractivity contribution in [1.29, 1.82) is 0 Å². The number of benzene rings is 1. The van der Waals surface area contributed by atoms with Crippen molar-refractivity contribution in [2.24, 2.45) is 11.3 Å². The quantitative estimate of drug-likeness (QED) is 0.744. The van der Waals surface area contributed by atoms with Crippen LogP contribution in [0.15, 0.2) is 18.2 Å². The van der Waals surface area contributed by atoms with Gasteiger partial charge >= 0.3 is 6.03 Å². The Labute approximate surface area is 135 Å². The molecule has 0 unspecified atom stereocenters. The van der Waals surface area contributed by atoms with Crippen molar-refractivity contribution in [3.05, 3.63) is 29.0 Å². The molecule has 0 spiro atoms. The van der Waals surface area contributed by atoms with E-state index < -0.39 is 5.82 Å². The summed E-state index contributed by atoms with van der Waals surface area (Å²) in [6.45, 7) is 2.87. The monoisotopic (exact) mass is 328 g/mol. The number of urea groups is 1. The zero-order valence-corrected chi connectivity index (χ0v) is 13.4. The number of rotatable bonds is 6. The van der Waals surface area contributed by atoms with Crippen LogP contribution in [-0.4, -0.2) is 24.3 Å². The first-order valence-corrected chi connectivity index (χ1v) is 7.95. The Balaban J connectivity index is 1.87. The molecule has 0 heterocycles. The Morgan fingerprint density at radius 2 is 2.23 bits per heavy atom. The fourth-order valence-electron chi connectivity index (χ4n) is 2.98. The molecule has 1 aliphatic carbocycles. The number of halogens is 2. The zero-order chi connectivity index (χ0) is 16.2. The molecule has 1 saturated carbocycles. The van der Waals surface area contributed by atoms with Gasteiger partial charge in [-0.3, -0.25) is 0 Å². The molecule has 122 valence electrons. The van der Waals surface area contributed by atoms with Crippen molar-refractivity contribution in [3.8, 4) is 0 Å². The van der Waals surface area contributed by atoms with Crippen LogP contribution < -0.4 is 10.6 Å². The lowest BCUT2D eigenvalue weighted by Gasteiger charge is -2.46. The molecule has 0 aromatic heterocycles. The van der Waals surface area contributed by atoms with E-state index in [1.807, 2.05) is 0 Å². The van der Waals surface area contributed by atoms with Crippen LogP contribution in [0.1, 0.15) is 32.6 Å². The maximum atomic E-state index is 13.1. The van der Waals surface area contributed by atoms with E-state index in [0.29, 0.717) is 18.2 Å². The van der Waals surface area contributed by atoms with Crippen LogP contribution >= 0.6 is 11.6 Å². The average Bonchev–Trinajstić information content (AvgIpc) is 2.42. The number of hydrogen-bond acceptors (Lipinski definition) is 2. The number of carbonyl (C=O) groups excluding carboxylic acids is 1. The van der Waals surface area contributed by atoms with Crippen molar-refractivity contribution in [2.75, 3.05) is 18.5 Å². The molecule has 6 heteroatoms. The highest BCUT2D eigenvalue weighted by atomic mass is 35.5. The minimum absolute atomic E-state index is 0.0233. The van der Waals surface area contributed by atoms with Gasteiger partial charge in [-0.05, 0) is 48.8 Å². The van der Waals surface area contributed by atoms with Gasteiger partial charge in [-0.25, -0.2) is 9.18 Å². The third-order valence-corrected chi connectivity index (χ3v) is 5.02. The van der Waals surface area contributed by atoms with Gasteiger partial charge in [0, 0.05) is 18.8 Å². The van der Waals surface area contributed by atoms with Crippen molar-refractivity contribution in [2.45, 2.75) is 32.6 Å². The third-order valence-electron chi connectivity index (χ3n) is 4.74. The lowest BCUT2D eigenvalue weighted by atomic mass is 9.60. The molecule has 0 radical (unpaired) electrons. The van der Waals surface area contributed by atoms with Gasteiger partial charge in [-0.1, -0.05) is 24.9 Å². The van der Waals surface area contributed by atoms with E-state index in [1.165, 1.54) is 18.2 Å². The van der Waals surface area contributed by atoms with Gasteiger partial charge in [0.1, 0.15) is 5.82 Å². The number of anilines is 1. The number of aliphatic hydroxyl groups is 1. The van der Waals surface area contributed by atoms with Crippen molar-refractivity contribution >= 4 is 23.3 Å².